The number of benzene rings is 2. The van der Waals surface area contributed by atoms with E-state index in [2.05, 4.69) is 17.0 Å². The molecule has 1 fully saturated rings. The van der Waals surface area contributed by atoms with Crippen LogP contribution in [0, 0.1) is 0 Å². The Morgan fingerprint density at radius 3 is 2.67 bits per heavy atom. The summed E-state index contributed by atoms with van der Waals surface area (Å²) in [4.78, 5) is 17.2. The number of carbonyl (C=O) groups is 1. The molecule has 5 nitrogen and oxygen atoms in total. The van der Waals surface area contributed by atoms with Gasteiger partial charge in [0.2, 0.25) is 0 Å². The van der Waals surface area contributed by atoms with Crippen LogP contribution in [0.1, 0.15) is 23.6 Å². The molecule has 2 aromatic rings. The van der Waals surface area contributed by atoms with Gasteiger partial charge in [0.05, 0.1) is 12.1 Å². The van der Waals surface area contributed by atoms with Crippen LogP contribution in [0.2, 0.25) is 0 Å². The molecule has 0 spiro atoms. The van der Waals surface area contributed by atoms with Crippen molar-refractivity contribution in [3.63, 3.8) is 0 Å². The van der Waals surface area contributed by atoms with Gasteiger partial charge in [0.15, 0.2) is 6.10 Å². The van der Waals surface area contributed by atoms with Crippen molar-refractivity contribution in [3.8, 4) is 5.75 Å². The molecule has 2 aliphatic rings. The summed E-state index contributed by atoms with van der Waals surface area (Å²) >= 11 is 0. The standard InChI is InChI=1S/C22H26N2O3/c1-23(22(26)21-13-17-9-5-6-10-20(17)27-21)19(16-7-3-2-4-8-16)15-24-12-11-18(25)14-24/h2-10,18-19,21,25H,11-15H2,1H3/t18-,19+,21?/m0/s1. The van der Waals surface area contributed by atoms with Gasteiger partial charge in [-0.15, -0.1) is 0 Å². The number of aliphatic hydroxyl groups is 1. The molecule has 0 bridgehead atoms. The van der Waals surface area contributed by atoms with Gasteiger partial charge in [-0.2, -0.15) is 0 Å². The number of rotatable bonds is 5. The molecule has 0 aromatic heterocycles. The average molecular weight is 366 g/mol. The minimum absolute atomic E-state index is 0.000187. The van der Waals surface area contributed by atoms with Crippen LogP contribution >= 0.6 is 0 Å². The van der Waals surface area contributed by atoms with E-state index in [1.165, 1.54) is 0 Å². The highest BCUT2D eigenvalue weighted by atomic mass is 16.5. The summed E-state index contributed by atoms with van der Waals surface area (Å²) in [6, 6.07) is 17.9. The normalized spacial score (nSPS) is 22.9. The lowest BCUT2D eigenvalue weighted by molar-refractivity contribution is -0.139. The summed E-state index contributed by atoms with van der Waals surface area (Å²) in [5, 5.41) is 9.86. The molecule has 2 heterocycles. The molecule has 0 aliphatic carbocycles. The summed E-state index contributed by atoms with van der Waals surface area (Å²) in [6.45, 7) is 2.23. The number of para-hydroxylation sites is 1. The molecule has 142 valence electrons. The molecule has 0 radical (unpaired) electrons. The number of aliphatic hydroxyl groups excluding tert-OH is 1. The number of likely N-dealkylation sites (tertiary alicyclic amines) is 1. The Labute approximate surface area is 160 Å². The van der Waals surface area contributed by atoms with Crippen LogP contribution in [0.3, 0.4) is 0 Å². The molecule has 1 amide bonds. The number of hydrogen-bond donors (Lipinski definition) is 1. The van der Waals surface area contributed by atoms with E-state index in [9.17, 15) is 9.90 Å². The second-order valence-electron chi connectivity index (χ2n) is 7.50. The van der Waals surface area contributed by atoms with Crippen LogP contribution in [0.5, 0.6) is 5.75 Å². The maximum absolute atomic E-state index is 13.2. The summed E-state index contributed by atoms with van der Waals surface area (Å²) in [5.41, 5.74) is 2.19. The van der Waals surface area contributed by atoms with Crippen LogP contribution in [-0.4, -0.2) is 59.7 Å². The van der Waals surface area contributed by atoms with E-state index in [4.69, 9.17) is 4.74 Å². The van der Waals surface area contributed by atoms with Gasteiger partial charge in [0.1, 0.15) is 5.75 Å². The van der Waals surface area contributed by atoms with Gasteiger partial charge in [-0.1, -0.05) is 48.5 Å². The monoisotopic (exact) mass is 366 g/mol. The largest absolute Gasteiger partial charge is 0.480 e. The van der Waals surface area contributed by atoms with Gasteiger partial charge in [-0.3, -0.25) is 9.69 Å². The number of likely N-dealkylation sites (N-methyl/N-ethyl adjacent to an activating group) is 1. The zero-order valence-electron chi connectivity index (χ0n) is 15.6. The number of ether oxygens (including phenoxy) is 1. The van der Waals surface area contributed by atoms with Gasteiger partial charge in [-0.05, 0) is 23.6 Å². The van der Waals surface area contributed by atoms with Crippen molar-refractivity contribution in [1.29, 1.82) is 0 Å². The highest BCUT2D eigenvalue weighted by Crippen LogP contribution is 2.31. The molecule has 5 heteroatoms. The predicted octanol–water partition coefficient (Wildman–Crippen LogP) is 2.26. The Kier molecular flexibility index (Phi) is 5.14. The number of hydrogen-bond acceptors (Lipinski definition) is 4. The van der Waals surface area contributed by atoms with Crippen LogP contribution in [0.25, 0.3) is 0 Å². The molecular weight excluding hydrogens is 340 g/mol. The summed E-state index contributed by atoms with van der Waals surface area (Å²) in [6.07, 6.45) is 0.668. The average Bonchev–Trinajstić information content (AvgIpc) is 3.31. The smallest absolute Gasteiger partial charge is 0.264 e. The minimum atomic E-state index is -0.470. The lowest BCUT2D eigenvalue weighted by atomic mass is 10.0. The fourth-order valence-corrected chi connectivity index (χ4v) is 4.05. The maximum atomic E-state index is 13.2. The maximum Gasteiger partial charge on any atom is 0.264 e. The summed E-state index contributed by atoms with van der Waals surface area (Å²) in [7, 11) is 1.86. The van der Waals surface area contributed by atoms with Gasteiger partial charge < -0.3 is 14.7 Å². The van der Waals surface area contributed by atoms with Crippen LogP contribution in [-0.2, 0) is 11.2 Å². The topological polar surface area (TPSA) is 53.0 Å². The van der Waals surface area contributed by atoms with Crippen molar-refractivity contribution in [2.45, 2.75) is 31.1 Å². The molecule has 2 aromatic carbocycles. The van der Waals surface area contributed by atoms with Crippen molar-refractivity contribution < 1.29 is 14.6 Å². The van der Waals surface area contributed by atoms with E-state index in [1.807, 2.05) is 54.4 Å². The third-order valence-corrected chi connectivity index (χ3v) is 5.60. The molecule has 1 N–H and O–H groups in total. The van der Waals surface area contributed by atoms with E-state index in [-0.39, 0.29) is 18.1 Å². The van der Waals surface area contributed by atoms with Gasteiger partial charge in [0, 0.05) is 33.1 Å². The lowest BCUT2D eigenvalue weighted by Crippen LogP contribution is -2.44. The van der Waals surface area contributed by atoms with E-state index in [0.29, 0.717) is 19.5 Å². The van der Waals surface area contributed by atoms with E-state index < -0.39 is 6.10 Å². The van der Waals surface area contributed by atoms with Gasteiger partial charge in [-0.25, -0.2) is 0 Å². The summed E-state index contributed by atoms with van der Waals surface area (Å²) in [5.74, 6) is 0.808. The molecule has 27 heavy (non-hydrogen) atoms. The molecular formula is C22H26N2O3. The van der Waals surface area contributed by atoms with Crippen molar-refractivity contribution in [1.82, 2.24) is 9.80 Å². The van der Waals surface area contributed by atoms with Crippen LogP contribution < -0.4 is 4.74 Å². The molecule has 2 aliphatic heterocycles. The highest BCUT2D eigenvalue weighted by Gasteiger charge is 2.35. The summed E-state index contributed by atoms with van der Waals surface area (Å²) < 4.78 is 5.92. The van der Waals surface area contributed by atoms with Crippen LogP contribution in [0.15, 0.2) is 54.6 Å². The fraction of sp³-hybridized carbons (Fsp3) is 0.409. The molecule has 1 unspecified atom stereocenters. The van der Waals surface area contributed by atoms with Crippen molar-refractivity contribution >= 4 is 5.91 Å². The molecule has 0 saturated carbocycles. The van der Waals surface area contributed by atoms with E-state index in [0.717, 1.165) is 29.8 Å². The first-order valence-corrected chi connectivity index (χ1v) is 9.58. The van der Waals surface area contributed by atoms with Crippen molar-refractivity contribution in [2.75, 3.05) is 26.7 Å². The Morgan fingerprint density at radius 2 is 1.96 bits per heavy atom. The van der Waals surface area contributed by atoms with Crippen LogP contribution in [0.4, 0.5) is 0 Å². The number of amides is 1. The first-order valence-electron chi connectivity index (χ1n) is 9.58. The quantitative estimate of drug-likeness (QED) is 0.882. The number of nitrogens with zero attached hydrogens (tertiary/aromatic N) is 2. The third-order valence-electron chi connectivity index (χ3n) is 5.60. The fourth-order valence-electron chi connectivity index (χ4n) is 4.05. The lowest BCUT2D eigenvalue weighted by Gasteiger charge is -2.33. The number of β-amino-alcohol motifs (C(OH)–C–C–N with tert-alkyl or cyclic N) is 1. The number of fused-ring (bicyclic) bond motifs is 1. The Hall–Kier alpha value is -2.37. The van der Waals surface area contributed by atoms with Gasteiger partial charge in [0.25, 0.3) is 5.91 Å². The Balaban J connectivity index is 1.51. The SMILES string of the molecule is CN(C(=O)C1Cc2ccccc2O1)[C@H](CN1CC[C@H](O)C1)c1ccccc1. The zero-order chi connectivity index (χ0) is 18.8. The highest BCUT2D eigenvalue weighted by molar-refractivity contribution is 5.83. The first kappa shape index (κ1) is 18.0. The number of carbonyl (C=O) groups excluding carboxylic acids is 1. The van der Waals surface area contributed by atoms with Gasteiger partial charge >= 0.3 is 0 Å². The second kappa shape index (κ2) is 7.71. The van der Waals surface area contributed by atoms with E-state index >= 15 is 0 Å². The molecule has 3 atom stereocenters. The predicted molar refractivity (Wildman–Crippen MR) is 104 cm³/mol. The second-order valence-corrected chi connectivity index (χ2v) is 7.50. The van der Waals surface area contributed by atoms with Crippen molar-refractivity contribution in [3.05, 3.63) is 65.7 Å². The van der Waals surface area contributed by atoms with Crippen molar-refractivity contribution in [2.24, 2.45) is 0 Å². The van der Waals surface area contributed by atoms with E-state index in [1.54, 1.807) is 0 Å². The Bertz CT molecular complexity index is 770. The molecule has 1 saturated heterocycles. The zero-order valence-corrected chi connectivity index (χ0v) is 15.6. The Morgan fingerprint density at radius 1 is 1.22 bits per heavy atom. The third kappa shape index (κ3) is 3.84. The first-order chi connectivity index (χ1) is 13.1. The molecule has 4 rings (SSSR count). The minimum Gasteiger partial charge on any atom is -0.480 e.